The third kappa shape index (κ3) is 51.9. The van der Waals surface area contributed by atoms with E-state index in [1.807, 2.05) is 0 Å². The van der Waals surface area contributed by atoms with Gasteiger partial charge in [-0.25, -0.2) is 0 Å². The summed E-state index contributed by atoms with van der Waals surface area (Å²) in [6.07, 6.45) is 83.4. The van der Waals surface area contributed by atoms with Crippen LogP contribution in [0.5, 0.6) is 0 Å². The second kappa shape index (κ2) is 55.4. The van der Waals surface area contributed by atoms with Crippen molar-refractivity contribution in [2.45, 2.75) is 264 Å². The van der Waals surface area contributed by atoms with E-state index in [1.165, 1.54) is 141 Å². The van der Waals surface area contributed by atoms with Gasteiger partial charge in [-0.05, 0) is 83.5 Å². The molecule has 0 aliphatic carbocycles. The Bertz CT molecular complexity index is 1250. The minimum absolute atomic E-state index is 0.0410. The van der Waals surface area contributed by atoms with Gasteiger partial charge in [0, 0.05) is 6.42 Å². The highest BCUT2D eigenvalue weighted by Gasteiger charge is 2.20. The number of aliphatic hydroxyl groups excluding tert-OH is 2. The fourth-order valence-electron chi connectivity index (χ4n) is 7.88. The van der Waals surface area contributed by atoms with Gasteiger partial charge in [-0.3, -0.25) is 4.79 Å². The summed E-state index contributed by atoms with van der Waals surface area (Å²) >= 11 is 0. The molecule has 0 rings (SSSR count). The molecule has 0 aliphatic rings. The van der Waals surface area contributed by atoms with Crippen LogP contribution < -0.4 is 5.32 Å². The van der Waals surface area contributed by atoms with Crippen molar-refractivity contribution in [3.05, 3.63) is 109 Å². The Kier molecular flexibility index (Phi) is 52.9. The smallest absolute Gasteiger partial charge is 0.220 e. The van der Waals surface area contributed by atoms with Crippen LogP contribution in [-0.4, -0.2) is 34.9 Å². The van der Waals surface area contributed by atoms with Crippen LogP contribution in [0.4, 0.5) is 0 Å². The maximum absolute atomic E-state index is 12.5. The number of carbonyl (C=O) groups is 1. The zero-order valence-corrected chi connectivity index (χ0v) is 42.7. The van der Waals surface area contributed by atoms with Gasteiger partial charge < -0.3 is 15.5 Å². The molecule has 4 nitrogen and oxygen atoms in total. The fourth-order valence-corrected chi connectivity index (χ4v) is 7.88. The molecule has 0 radical (unpaired) electrons. The van der Waals surface area contributed by atoms with E-state index >= 15 is 0 Å². The number of nitrogens with one attached hydrogen (secondary N) is 1. The topological polar surface area (TPSA) is 69.6 Å². The van der Waals surface area contributed by atoms with Gasteiger partial charge in [-0.1, -0.05) is 271 Å². The summed E-state index contributed by atoms with van der Waals surface area (Å²) in [7, 11) is 0. The summed E-state index contributed by atoms with van der Waals surface area (Å²) in [6, 6.07) is -0.546. The van der Waals surface area contributed by atoms with Gasteiger partial charge in [-0.15, -0.1) is 0 Å². The molecule has 0 spiro atoms. The van der Waals surface area contributed by atoms with Crippen LogP contribution in [0.15, 0.2) is 109 Å². The summed E-state index contributed by atoms with van der Waals surface area (Å²) in [5.41, 5.74) is 0. The predicted molar refractivity (Wildman–Crippen MR) is 289 cm³/mol. The summed E-state index contributed by atoms with van der Waals surface area (Å²) in [5.74, 6) is -0.0410. The molecule has 2 unspecified atom stereocenters. The molecular formula is C61H105NO3. The highest BCUT2D eigenvalue weighted by atomic mass is 16.3. The van der Waals surface area contributed by atoms with Crippen molar-refractivity contribution >= 4 is 5.91 Å². The molecule has 0 saturated carbocycles. The Morgan fingerprint density at radius 2 is 0.677 bits per heavy atom. The first-order valence-corrected chi connectivity index (χ1v) is 27.6. The Morgan fingerprint density at radius 1 is 0.385 bits per heavy atom. The Hall–Kier alpha value is -2.95. The second-order valence-electron chi connectivity index (χ2n) is 18.3. The van der Waals surface area contributed by atoms with Crippen molar-refractivity contribution < 1.29 is 15.0 Å². The van der Waals surface area contributed by atoms with Gasteiger partial charge in [0.15, 0.2) is 0 Å². The number of hydrogen-bond donors (Lipinski definition) is 3. The number of carbonyl (C=O) groups excluding carboxylic acids is 1. The number of aliphatic hydroxyl groups is 2. The van der Waals surface area contributed by atoms with E-state index in [0.29, 0.717) is 12.8 Å². The fraction of sp³-hybridized carbons (Fsp3) is 0.689. The van der Waals surface area contributed by atoms with Crippen molar-refractivity contribution in [2.75, 3.05) is 6.61 Å². The van der Waals surface area contributed by atoms with Crippen LogP contribution in [0, 0.1) is 0 Å². The zero-order chi connectivity index (χ0) is 47.0. The molecule has 0 aromatic heterocycles. The van der Waals surface area contributed by atoms with Crippen LogP contribution in [0.1, 0.15) is 251 Å². The number of rotatable bonds is 49. The maximum atomic E-state index is 12.5. The molecule has 2 atom stereocenters. The lowest BCUT2D eigenvalue weighted by molar-refractivity contribution is -0.123. The van der Waals surface area contributed by atoms with E-state index in [-0.39, 0.29) is 12.5 Å². The second-order valence-corrected chi connectivity index (χ2v) is 18.3. The average molecular weight is 901 g/mol. The third-order valence-electron chi connectivity index (χ3n) is 12.0. The molecule has 1 amide bonds. The zero-order valence-electron chi connectivity index (χ0n) is 42.7. The Labute approximate surface area is 404 Å². The highest BCUT2D eigenvalue weighted by molar-refractivity contribution is 5.76. The lowest BCUT2D eigenvalue weighted by atomic mass is 10.0. The average Bonchev–Trinajstić information content (AvgIpc) is 3.31. The standard InChI is InChI=1S/C61H105NO3/c1-3-5-7-9-11-13-15-17-19-21-22-23-24-25-26-27-28-29-30-31-32-33-34-35-36-37-38-39-40-41-43-45-47-49-51-53-55-57-61(65)62-59(58-63)60(64)56-54-52-50-48-46-44-42-20-18-16-14-12-10-8-6-4-2/h5,7,11,13,17,19,22-23,25-26,28-29,31-32,34-35,37-38,59-60,63-64H,3-4,6,8-10,12,14-16,18,20-21,24,27,30,33,36,39-58H2,1-2H3,(H,62,65)/b7-5-,13-11-,19-17-,23-22-,26-25-,29-28-,32-31-,35-34-,38-37-. The molecule has 4 heteroatoms. The first-order valence-electron chi connectivity index (χ1n) is 27.6. The van der Waals surface area contributed by atoms with E-state index in [9.17, 15) is 15.0 Å². The van der Waals surface area contributed by atoms with Crippen molar-refractivity contribution in [3.8, 4) is 0 Å². The quantitative estimate of drug-likeness (QED) is 0.0421. The number of amides is 1. The molecule has 0 aromatic carbocycles. The van der Waals surface area contributed by atoms with Gasteiger partial charge in [0.2, 0.25) is 5.91 Å². The summed E-state index contributed by atoms with van der Waals surface area (Å²) in [5, 5.41) is 23.3. The van der Waals surface area contributed by atoms with Gasteiger partial charge in [-0.2, -0.15) is 0 Å². The van der Waals surface area contributed by atoms with Crippen LogP contribution in [-0.2, 0) is 4.79 Å². The Balaban J connectivity index is 3.58. The molecular weight excluding hydrogens is 795 g/mol. The predicted octanol–water partition coefficient (Wildman–Crippen LogP) is 18.3. The van der Waals surface area contributed by atoms with E-state index < -0.39 is 12.1 Å². The largest absolute Gasteiger partial charge is 0.394 e. The molecule has 0 fully saturated rings. The van der Waals surface area contributed by atoms with Crippen molar-refractivity contribution in [3.63, 3.8) is 0 Å². The van der Waals surface area contributed by atoms with E-state index in [0.717, 1.165) is 83.5 Å². The molecule has 0 saturated heterocycles. The van der Waals surface area contributed by atoms with E-state index in [1.54, 1.807) is 0 Å². The molecule has 372 valence electrons. The lowest BCUT2D eigenvalue weighted by Crippen LogP contribution is -2.45. The van der Waals surface area contributed by atoms with E-state index in [4.69, 9.17) is 0 Å². The monoisotopic (exact) mass is 900 g/mol. The van der Waals surface area contributed by atoms with Gasteiger partial charge >= 0.3 is 0 Å². The first-order chi connectivity index (χ1) is 32.2. The maximum Gasteiger partial charge on any atom is 0.220 e. The highest BCUT2D eigenvalue weighted by Crippen LogP contribution is 2.16. The molecule has 0 aliphatic heterocycles. The van der Waals surface area contributed by atoms with Crippen LogP contribution in [0.3, 0.4) is 0 Å². The summed E-state index contributed by atoms with van der Waals surface area (Å²) in [4.78, 5) is 12.5. The molecule has 0 bridgehead atoms. The molecule has 65 heavy (non-hydrogen) atoms. The van der Waals surface area contributed by atoms with Gasteiger partial charge in [0.25, 0.3) is 0 Å². The molecule has 3 N–H and O–H groups in total. The number of unbranched alkanes of at least 4 members (excludes halogenated alkanes) is 24. The molecule has 0 aromatic rings. The number of hydrogen-bond acceptors (Lipinski definition) is 3. The van der Waals surface area contributed by atoms with Crippen LogP contribution >= 0.6 is 0 Å². The first kappa shape index (κ1) is 62.1. The SMILES string of the molecule is CC/C=C\C/C=C\C/C=C\C/C=C\C/C=C\C/C=C\C/C=C\C/C=C\C/C=C\CCCCCCCCCCCC(=O)NC(CO)C(O)CCCCCCCCCCCCCCCCCC. The number of allylic oxidation sites excluding steroid dienone is 18. The van der Waals surface area contributed by atoms with Gasteiger partial charge in [0.05, 0.1) is 18.8 Å². The minimum Gasteiger partial charge on any atom is -0.394 e. The summed E-state index contributed by atoms with van der Waals surface area (Å²) in [6.45, 7) is 4.24. The van der Waals surface area contributed by atoms with Crippen molar-refractivity contribution in [1.82, 2.24) is 5.32 Å². The van der Waals surface area contributed by atoms with E-state index in [2.05, 4.69) is 129 Å². The molecule has 0 heterocycles. The summed E-state index contributed by atoms with van der Waals surface area (Å²) < 4.78 is 0. The van der Waals surface area contributed by atoms with Crippen molar-refractivity contribution in [2.24, 2.45) is 0 Å². The third-order valence-corrected chi connectivity index (χ3v) is 12.0. The minimum atomic E-state index is -0.669. The Morgan fingerprint density at radius 3 is 1.02 bits per heavy atom. The van der Waals surface area contributed by atoms with Crippen LogP contribution in [0.25, 0.3) is 0 Å². The lowest BCUT2D eigenvalue weighted by Gasteiger charge is -2.22. The normalized spacial score (nSPS) is 13.7. The van der Waals surface area contributed by atoms with Crippen molar-refractivity contribution in [1.29, 1.82) is 0 Å². The van der Waals surface area contributed by atoms with Gasteiger partial charge in [0.1, 0.15) is 0 Å². The van der Waals surface area contributed by atoms with Crippen LogP contribution in [0.2, 0.25) is 0 Å².